The molecule has 1 aromatic heterocycles. The molecule has 1 saturated heterocycles. The van der Waals surface area contributed by atoms with Crippen LogP contribution in [0, 0.1) is 0 Å². The number of thioether (sulfide) groups is 1. The van der Waals surface area contributed by atoms with Crippen LogP contribution >= 0.6 is 11.8 Å². The Morgan fingerprint density at radius 1 is 1.18 bits per heavy atom. The molecule has 0 aliphatic carbocycles. The van der Waals surface area contributed by atoms with E-state index in [4.69, 9.17) is 9.47 Å². The smallest absolute Gasteiger partial charge is 0.339 e. The number of benzene rings is 1. The quantitative estimate of drug-likeness (QED) is 0.646. The predicted octanol–water partition coefficient (Wildman–Crippen LogP) is 2.14. The Morgan fingerprint density at radius 2 is 1.93 bits per heavy atom. The van der Waals surface area contributed by atoms with E-state index in [0.717, 1.165) is 0 Å². The Morgan fingerprint density at radius 3 is 2.54 bits per heavy atom. The molecule has 1 aliphatic heterocycles. The molecule has 0 amide bonds. The van der Waals surface area contributed by atoms with Gasteiger partial charge in [0.2, 0.25) is 5.88 Å². The first-order chi connectivity index (χ1) is 13.4. The van der Waals surface area contributed by atoms with Gasteiger partial charge in [0.25, 0.3) is 10.0 Å². The van der Waals surface area contributed by atoms with Crippen molar-refractivity contribution in [1.29, 1.82) is 0 Å². The van der Waals surface area contributed by atoms with E-state index < -0.39 is 16.0 Å². The summed E-state index contributed by atoms with van der Waals surface area (Å²) in [5, 5.41) is 0.225. The molecule has 28 heavy (non-hydrogen) atoms. The highest BCUT2D eigenvalue weighted by Crippen LogP contribution is 2.34. The van der Waals surface area contributed by atoms with Crippen LogP contribution in [0.25, 0.3) is 0 Å². The molecule has 0 atom stereocenters. The number of hydrogen-bond acceptors (Lipinski definition) is 8. The van der Waals surface area contributed by atoms with Gasteiger partial charge in [-0.3, -0.25) is 4.90 Å². The van der Waals surface area contributed by atoms with Crippen molar-refractivity contribution in [2.75, 3.05) is 32.1 Å². The fourth-order valence-corrected chi connectivity index (χ4v) is 4.56. The van der Waals surface area contributed by atoms with Crippen LogP contribution < -0.4 is 14.4 Å². The largest absolute Gasteiger partial charge is 0.496 e. The molecule has 0 saturated carbocycles. The monoisotopic (exact) mass is 423 g/mol. The second kappa shape index (κ2) is 8.07. The minimum absolute atomic E-state index is 0.0774. The SMILES string of the molecule is COC(=O)c1ccccc1S(=O)(=O)/N=C1\SCN1c1cc(OC)cc(OC)n1. The number of carbonyl (C=O) groups excluding carboxylic acids is 1. The third kappa shape index (κ3) is 3.90. The number of sulfonamides is 1. The van der Waals surface area contributed by atoms with E-state index >= 15 is 0 Å². The van der Waals surface area contributed by atoms with Gasteiger partial charge in [-0.05, 0) is 12.1 Å². The molecule has 0 radical (unpaired) electrons. The van der Waals surface area contributed by atoms with E-state index in [0.29, 0.717) is 23.3 Å². The highest BCUT2D eigenvalue weighted by atomic mass is 32.2. The van der Waals surface area contributed by atoms with Crippen molar-refractivity contribution in [1.82, 2.24) is 4.98 Å². The summed E-state index contributed by atoms with van der Waals surface area (Å²) in [4.78, 5) is 17.6. The van der Waals surface area contributed by atoms with Crippen molar-refractivity contribution >= 4 is 38.7 Å². The Kier molecular flexibility index (Phi) is 5.75. The lowest BCUT2D eigenvalue weighted by molar-refractivity contribution is 0.0596. The van der Waals surface area contributed by atoms with Crippen LogP contribution in [0.5, 0.6) is 11.6 Å². The second-order valence-electron chi connectivity index (χ2n) is 5.45. The highest BCUT2D eigenvalue weighted by Gasteiger charge is 2.31. The Labute approximate surface area is 166 Å². The molecule has 0 unspecified atom stereocenters. The molecular formula is C17H17N3O6S2. The fourth-order valence-electron chi connectivity index (χ4n) is 2.38. The molecule has 11 heteroatoms. The first-order valence-electron chi connectivity index (χ1n) is 7.92. The van der Waals surface area contributed by atoms with Crippen molar-refractivity contribution < 1.29 is 27.4 Å². The van der Waals surface area contributed by atoms with Crippen molar-refractivity contribution in [3.8, 4) is 11.6 Å². The van der Waals surface area contributed by atoms with Gasteiger partial charge in [-0.25, -0.2) is 4.79 Å². The number of aromatic nitrogens is 1. The van der Waals surface area contributed by atoms with Gasteiger partial charge in [0.05, 0.1) is 32.8 Å². The number of esters is 1. The first-order valence-corrected chi connectivity index (χ1v) is 10.3. The zero-order valence-electron chi connectivity index (χ0n) is 15.3. The van der Waals surface area contributed by atoms with E-state index in [2.05, 4.69) is 14.1 Å². The average Bonchev–Trinajstić information content (AvgIpc) is 2.70. The van der Waals surface area contributed by atoms with Crippen LogP contribution in [-0.4, -0.2) is 51.7 Å². The number of ether oxygens (including phenoxy) is 3. The molecule has 148 valence electrons. The van der Waals surface area contributed by atoms with Crippen molar-refractivity contribution in [3.63, 3.8) is 0 Å². The van der Waals surface area contributed by atoms with Crippen LogP contribution in [0.4, 0.5) is 5.82 Å². The standard InChI is InChI=1S/C17H17N3O6S2/c1-24-11-8-14(18-15(9-11)25-2)20-10-27-17(20)19-28(22,23)13-7-5-4-6-12(13)16(21)26-3/h4-9H,10H2,1-3H3/b19-17-. The fraction of sp³-hybridized carbons (Fsp3) is 0.235. The van der Waals surface area contributed by atoms with Gasteiger partial charge in [0, 0.05) is 12.1 Å². The number of methoxy groups -OCH3 is 3. The van der Waals surface area contributed by atoms with Gasteiger partial charge in [-0.1, -0.05) is 23.9 Å². The summed E-state index contributed by atoms with van der Waals surface area (Å²) in [7, 11) is 0.0179. The maximum absolute atomic E-state index is 12.8. The molecule has 2 heterocycles. The summed E-state index contributed by atoms with van der Waals surface area (Å²) in [6, 6.07) is 9.00. The summed E-state index contributed by atoms with van der Waals surface area (Å²) in [6.07, 6.45) is 0. The van der Waals surface area contributed by atoms with E-state index in [1.165, 1.54) is 51.3 Å². The molecule has 1 fully saturated rings. The minimum Gasteiger partial charge on any atom is -0.496 e. The molecule has 1 aromatic carbocycles. The van der Waals surface area contributed by atoms with E-state index in [1.54, 1.807) is 23.1 Å². The molecule has 9 nitrogen and oxygen atoms in total. The van der Waals surface area contributed by atoms with E-state index in [9.17, 15) is 13.2 Å². The summed E-state index contributed by atoms with van der Waals surface area (Å²) < 4.78 is 44.5. The topological polar surface area (TPSA) is 107 Å². The summed E-state index contributed by atoms with van der Waals surface area (Å²) in [6.45, 7) is 0. The molecule has 2 aromatic rings. The van der Waals surface area contributed by atoms with Crippen molar-refractivity contribution in [2.45, 2.75) is 4.90 Å². The number of rotatable bonds is 6. The zero-order valence-corrected chi connectivity index (χ0v) is 16.9. The van der Waals surface area contributed by atoms with Crippen LogP contribution in [0.2, 0.25) is 0 Å². The predicted molar refractivity (Wildman–Crippen MR) is 105 cm³/mol. The minimum atomic E-state index is -4.14. The second-order valence-corrected chi connectivity index (χ2v) is 7.93. The third-order valence-corrected chi connectivity index (χ3v) is 6.20. The van der Waals surface area contributed by atoms with Crippen LogP contribution in [0.1, 0.15) is 10.4 Å². The Hall–Kier alpha value is -2.79. The van der Waals surface area contributed by atoms with Crippen LogP contribution in [0.15, 0.2) is 45.7 Å². The van der Waals surface area contributed by atoms with Gasteiger partial charge in [-0.2, -0.15) is 13.4 Å². The first kappa shape index (κ1) is 20.0. The number of nitrogens with zero attached hydrogens (tertiary/aromatic N) is 3. The average molecular weight is 423 g/mol. The number of hydrogen-bond donors (Lipinski definition) is 0. The van der Waals surface area contributed by atoms with Gasteiger partial charge < -0.3 is 14.2 Å². The number of anilines is 1. The van der Waals surface area contributed by atoms with Gasteiger partial charge in [-0.15, -0.1) is 4.40 Å². The molecule has 0 bridgehead atoms. The van der Waals surface area contributed by atoms with Gasteiger partial charge in [0.15, 0.2) is 5.17 Å². The molecule has 0 spiro atoms. The lowest BCUT2D eigenvalue weighted by atomic mass is 10.2. The summed E-state index contributed by atoms with van der Waals surface area (Å²) in [5.41, 5.74) is -0.0774. The number of amidine groups is 1. The molecule has 1 aliphatic rings. The summed E-state index contributed by atoms with van der Waals surface area (Å²) >= 11 is 1.24. The highest BCUT2D eigenvalue weighted by molar-refractivity contribution is 8.17. The van der Waals surface area contributed by atoms with E-state index in [1.807, 2.05) is 0 Å². The van der Waals surface area contributed by atoms with E-state index in [-0.39, 0.29) is 15.6 Å². The number of pyridine rings is 1. The van der Waals surface area contributed by atoms with Crippen molar-refractivity contribution in [3.05, 3.63) is 42.0 Å². The molecular weight excluding hydrogens is 406 g/mol. The lowest BCUT2D eigenvalue weighted by Crippen LogP contribution is -2.39. The van der Waals surface area contributed by atoms with Crippen molar-refractivity contribution in [2.24, 2.45) is 4.40 Å². The zero-order chi connectivity index (χ0) is 20.3. The third-order valence-electron chi connectivity index (χ3n) is 3.81. The summed E-state index contributed by atoms with van der Waals surface area (Å²) in [5.74, 6) is 0.972. The molecule has 3 rings (SSSR count). The van der Waals surface area contributed by atoms with Crippen LogP contribution in [0.3, 0.4) is 0 Å². The molecule has 0 N–H and O–H groups in total. The van der Waals surface area contributed by atoms with Gasteiger partial charge >= 0.3 is 5.97 Å². The number of carbonyl (C=O) groups is 1. The normalized spacial score (nSPS) is 15.1. The Balaban J connectivity index is 1.98. The maximum atomic E-state index is 12.8. The van der Waals surface area contributed by atoms with Crippen LogP contribution in [-0.2, 0) is 14.8 Å². The Bertz CT molecular complexity index is 1020. The van der Waals surface area contributed by atoms with Gasteiger partial charge in [0.1, 0.15) is 16.5 Å². The lowest BCUT2D eigenvalue weighted by Gasteiger charge is -2.32. The maximum Gasteiger partial charge on any atom is 0.339 e.